The first-order valence-electron chi connectivity index (χ1n) is 5.27. The predicted molar refractivity (Wildman–Crippen MR) is 48.3 cm³/mol. The van der Waals surface area contributed by atoms with Crippen LogP contribution in [0.15, 0.2) is 0 Å². The molecule has 1 N–H and O–H groups in total. The fraction of sp³-hybridized carbons (Fsp3) is 1.00. The Kier molecular flexibility index (Phi) is 2.86. The second-order valence-corrected chi connectivity index (χ2v) is 4.06. The topological polar surface area (TPSA) is 38.7 Å². The standard InChI is InChI=1S/C10H18O3/c11-9-4-2-1-3-5-10(8-9)12-6-7-13-10/h9,11H,1-8H2. The number of aliphatic hydroxyl groups is 1. The highest BCUT2D eigenvalue weighted by Crippen LogP contribution is 2.33. The number of ether oxygens (including phenoxy) is 2. The summed E-state index contributed by atoms with van der Waals surface area (Å²) in [4.78, 5) is 0. The van der Waals surface area contributed by atoms with Crippen LogP contribution in [0, 0.1) is 0 Å². The molecule has 0 radical (unpaired) electrons. The molecule has 1 aliphatic heterocycles. The van der Waals surface area contributed by atoms with Gasteiger partial charge in [-0.15, -0.1) is 0 Å². The van der Waals surface area contributed by atoms with Crippen molar-refractivity contribution in [2.24, 2.45) is 0 Å². The minimum Gasteiger partial charge on any atom is -0.393 e. The van der Waals surface area contributed by atoms with Crippen molar-refractivity contribution < 1.29 is 14.6 Å². The molecule has 1 spiro atoms. The summed E-state index contributed by atoms with van der Waals surface area (Å²) in [5, 5.41) is 9.68. The van der Waals surface area contributed by atoms with Gasteiger partial charge in [-0.1, -0.05) is 12.8 Å². The Morgan fingerprint density at radius 2 is 1.85 bits per heavy atom. The van der Waals surface area contributed by atoms with Gasteiger partial charge >= 0.3 is 0 Å². The van der Waals surface area contributed by atoms with E-state index in [1.165, 1.54) is 6.42 Å². The van der Waals surface area contributed by atoms with Crippen LogP contribution in [0.2, 0.25) is 0 Å². The fourth-order valence-corrected chi connectivity index (χ4v) is 2.27. The van der Waals surface area contributed by atoms with E-state index in [1.807, 2.05) is 0 Å². The maximum Gasteiger partial charge on any atom is 0.170 e. The summed E-state index contributed by atoms with van der Waals surface area (Å²) < 4.78 is 11.2. The minimum atomic E-state index is -0.431. The molecule has 3 nitrogen and oxygen atoms in total. The second-order valence-electron chi connectivity index (χ2n) is 4.06. The fourth-order valence-electron chi connectivity index (χ4n) is 2.27. The van der Waals surface area contributed by atoms with Crippen LogP contribution in [0.3, 0.4) is 0 Å². The van der Waals surface area contributed by atoms with Gasteiger partial charge in [0, 0.05) is 12.8 Å². The zero-order valence-electron chi connectivity index (χ0n) is 8.00. The summed E-state index contributed by atoms with van der Waals surface area (Å²) >= 11 is 0. The molecule has 13 heavy (non-hydrogen) atoms. The highest BCUT2D eigenvalue weighted by Gasteiger charge is 2.38. The summed E-state index contributed by atoms with van der Waals surface area (Å²) in [5.41, 5.74) is 0. The van der Waals surface area contributed by atoms with Crippen LogP contribution < -0.4 is 0 Å². The number of hydrogen-bond acceptors (Lipinski definition) is 3. The van der Waals surface area contributed by atoms with E-state index in [1.54, 1.807) is 0 Å². The largest absolute Gasteiger partial charge is 0.393 e. The van der Waals surface area contributed by atoms with Crippen molar-refractivity contribution in [3.05, 3.63) is 0 Å². The van der Waals surface area contributed by atoms with Crippen LogP contribution in [-0.4, -0.2) is 30.2 Å². The smallest absolute Gasteiger partial charge is 0.170 e. The summed E-state index contributed by atoms with van der Waals surface area (Å²) in [6.45, 7) is 1.37. The second kappa shape index (κ2) is 3.95. The average Bonchev–Trinajstić information content (AvgIpc) is 2.50. The molecule has 2 rings (SSSR count). The zero-order chi connectivity index (χ0) is 9.15. The molecule has 0 bridgehead atoms. The third-order valence-corrected chi connectivity index (χ3v) is 2.96. The molecule has 0 aromatic carbocycles. The van der Waals surface area contributed by atoms with Crippen molar-refractivity contribution in [1.29, 1.82) is 0 Å². The van der Waals surface area contributed by atoms with E-state index in [9.17, 15) is 5.11 Å². The highest BCUT2D eigenvalue weighted by atomic mass is 16.7. The van der Waals surface area contributed by atoms with Crippen molar-refractivity contribution >= 4 is 0 Å². The maximum absolute atomic E-state index is 9.68. The van der Waals surface area contributed by atoms with Crippen LogP contribution in [-0.2, 0) is 9.47 Å². The van der Waals surface area contributed by atoms with E-state index < -0.39 is 5.79 Å². The highest BCUT2D eigenvalue weighted by molar-refractivity contribution is 4.80. The van der Waals surface area contributed by atoms with Crippen LogP contribution in [0.25, 0.3) is 0 Å². The van der Waals surface area contributed by atoms with Crippen molar-refractivity contribution in [3.8, 4) is 0 Å². The van der Waals surface area contributed by atoms with Gasteiger partial charge in [-0.25, -0.2) is 0 Å². The van der Waals surface area contributed by atoms with Crippen LogP contribution in [0.4, 0.5) is 0 Å². The molecule has 1 saturated heterocycles. The van der Waals surface area contributed by atoms with E-state index in [0.29, 0.717) is 19.6 Å². The number of aliphatic hydroxyl groups excluding tert-OH is 1. The Balaban J connectivity index is 1.98. The predicted octanol–water partition coefficient (Wildman–Crippen LogP) is 1.44. The van der Waals surface area contributed by atoms with Crippen LogP contribution in [0.1, 0.15) is 38.5 Å². The summed E-state index contributed by atoms with van der Waals surface area (Å²) in [5.74, 6) is -0.431. The number of rotatable bonds is 0. The SMILES string of the molecule is OC1CCCCCC2(C1)OCCO2. The van der Waals surface area contributed by atoms with E-state index in [4.69, 9.17) is 9.47 Å². The van der Waals surface area contributed by atoms with Gasteiger partial charge in [-0.2, -0.15) is 0 Å². The third-order valence-electron chi connectivity index (χ3n) is 2.96. The zero-order valence-corrected chi connectivity index (χ0v) is 8.00. The van der Waals surface area contributed by atoms with Gasteiger partial charge in [0.1, 0.15) is 0 Å². The molecule has 0 aromatic heterocycles. The number of hydrogen-bond donors (Lipinski definition) is 1. The molecule has 1 unspecified atom stereocenters. The molecular weight excluding hydrogens is 168 g/mol. The van der Waals surface area contributed by atoms with Crippen molar-refractivity contribution in [2.45, 2.75) is 50.4 Å². The lowest BCUT2D eigenvalue weighted by atomic mass is 9.94. The molecule has 76 valence electrons. The van der Waals surface area contributed by atoms with Crippen molar-refractivity contribution in [1.82, 2.24) is 0 Å². The normalized spacial score (nSPS) is 34.4. The Labute approximate surface area is 79.0 Å². The lowest BCUT2D eigenvalue weighted by molar-refractivity contribution is -0.185. The van der Waals surface area contributed by atoms with E-state index >= 15 is 0 Å². The van der Waals surface area contributed by atoms with Gasteiger partial charge in [0.05, 0.1) is 19.3 Å². The molecule has 1 heterocycles. The van der Waals surface area contributed by atoms with E-state index in [0.717, 1.165) is 25.7 Å². The van der Waals surface area contributed by atoms with Crippen LogP contribution in [0.5, 0.6) is 0 Å². The van der Waals surface area contributed by atoms with Gasteiger partial charge in [-0.3, -0.25) is 0 Å². The Morgan fingerprint density at radius 1 is 1.08 bits per heavy atom. The molecule has 1 aliphatic carbocycles. The van der Waals surface area contributed by atoms with Crippen molar-refractivity contribution in [2.75, 3.05) is 13.2 Å². The monoisotopic (exact) mass is 186 g/mol. The van der Waals surface area contributed by atoms with Crippen LogP contribution >= 0.6 is 0 Å². The molecule has 3 heteroatoms. The summed E-state index contributed by atoms with van der Waals surface area (Å²) in [6.07, 6.45) is 5.75. The summed E-state index contributed by atoms with van der Waals surface area (Å²) in [7, 11) is 0. The van der Waals surface area contributed by atoms with E-state index in [-0.39, 0.29) is 6.10 Å². The molecule has 1 saturated carbocycles. The first-order chi connectivity index (χ1) is 6.31. The quantitative estimate of drug-likeness (QED) is 0.622. The first kappa shape index (κ1) is 9.44. The molecule has 0 aromatic rings. The molecule has 2 fully saturated rings. The molecule has 2 aliphatic rings. The van der Waals surface area contributed by atoms with Gasteiger partial charge in [-0.05, 0) is 12.8 Å². The Morgan fingerprint density at radius 3 is 2.62 bits per heavy atom. The maximum atomic E-state index is 9.68. The lowest BCUT2D eigenvalue weighted by Gasteiger charge is -2.31. The minimum absolute atomic E-state index is 0.238. The molecule has 0 amide bonds. The van der Waals surface area contributed by atoms with E-state index in [2.05, 4.69) is 0 Å². The first-order valence-corrected chi connectivity index (χ1v) is 5.27. The molecular formula is C10H18O3. The average molecular weight is 186 g/mol. The van der Waals surface area contributed by atoms with Gasteiger partial charge in [0.25, 0.3) is 0 Å². The Bertz CT molecular complexity index is 164. The lowest BCUT2D eigenvalue weighted by Crippen LogP contribution is -2.35. The third kappa shape index (κ3) is 2.22. The molecule has 1 atom stereocenters. The van der Waals surface area contributed by atoms with Gasteiger partial charge in [0.2, 0.25) is 0 Å². The Hall–Kier alpha value is -0.120. The van der Waals surface area contributed by atoms with Gasteiger partial charge in [0.15, 0.2) is 5.79 Å². The summed E-state index contributed by atoms with van der Waals surface area (Å²) in [6, 6.07) is 0. The van der Waals surface area contributed by atoms with Crippen molar-refractivity contribution in [3.63, 3.8) is 0 Å². The van der Waals surface area contributed by atoms with Gasteiger partial charge < -0.3 is 14.6 Å².